The van der Waals surface area contributed by atoms with Crippen LogP contribution in [0, 0.1) is 5.82 Å². The molecule has 1 amide bonds. The zero-order chi connectivity index (χ0) is 24.1. The first-order valence-electron chi connectivity index (χ1n) is 10.2. The molecule has 0 atom stereocenters. The molecule has 4 rings (SSSR count). The van der Waals surface area contributed by atoms with E-state index in [-0.39, 0.29) is 18.0 Å². The van der Waals surface area contributed by atoms with Crippen LogP contribution >= 0.6 is 0 Å². The third-order valence-corrected chi connectivity index (χ3v) is 5.05. The molecule has 0 unspecified atom stereocenters. The van der Waals surface area contributed by atoms with Gasteiger partial charge in [0.05, 0.1) is 11.8 Å². The van der Waals surface area contributed by atoms with E-state index in [4.69, 9.17) is 4.74 Å². The number of hydrogen-bond acceptors (Lipinski definition) is 3. The summed E-state index contributed by atoms with van der Waals surface area (Å²) in [6.45, 7) is 0.177. The molecule has 0 saturated heterocycles. The molecule has 0 aliphatic heterocycles. The van der Waals surface area contributed by atoms with Crippen LogP contribution in [0.5, 0.6) is 5.75 Å². The number of alkyl halides is 3. The standard InChI is InChI=1S/C26H18F4N2O2/c27-21-11-8-17(9-12-21)16-34-24-13-10-18-4-1-2-7-22(18)23(24)15-31-32-25(33)19-5-3-6-20(14-19)26(28,29)30/h1-15H,16H2,(H,32,33)/b31-15-. The molecule has 0 spiro atoms. The van der Waals surface area contributed by atoms with Crippen LogP contribution in [0.25, 0.3) is 10.8 Å². The van der Waals surface area contributed by atoms with Gasteiger partial charge in [-0.15, -0.1) is 0 Å². The fourth-order valence-corrected chi connectivity index (χ4v) is 3.33. The Morgan fingerprint density at radius 2 is 1.71 bits per heavy atom. The van der Waals surface area contributed by atoms with Crippen LogP contribution < -0.4 is 10.2 Å². The van der Waals surface area contributed by atoms with E-state index in [0.29, 0.717) is 11.3 Å². The normalized spacial score (nSPS) is 11.6. The molecule has 172 valence electrons. The van der Waals surface area contributed by atoms with E-state index in [9.17, 15) is 22.4 Å². The number of halogens is 4. The van der Waals surface area contributed by atoms with E-state index in [1.54, 1.807) is 18.2 Å². The Balaban J connectivity index is 1.57. The molecule has 1 N–H and O–H groups in total. The lowest BCUT2D eigenvalue weighted by Crippen LogP contribution is -2.18. The number of nitrogens with one attached hydrogen (secondary N) is 1. The highest BCUT2D eigenvalue weighted by atomic mass is 19.4. The highest BCUT2D eigenvalue weighted by Crippen LogP contribution is 2.30. The molecular weight excluding hydrogens is 448 g/mol. The highest BCUT2D eigenvalue weighted by molar-refractivity contribution is 6.03. The van der Waals surface area contributed by atoms with Crippen molar-refractivity contribution in [3.05, 3.63) is 113 Å². The zero-order valence-corrected chi connectivity index (χ0v) is 17.6. The van der Waals surface area contributed by atoms with E-state index in [0.717, 1.165) is 34.5 Å². The largest absolute Gasteiger partial charge is 0.488 e. The van der Waals surface area contributed by atoms with Gasteiger partial charge in [0.2, 0.25) is 0 Å². The van der Waals surface area contributed by atoms with Crippen LogP contribution in [0.15, 0.2) is 90.0 Å². The van der Waals surface area contributed by atoms with Crippen molar-refractivity contribution in [2.75, 3.05) is 0 Å². The summed E-state index contributed by atoms with van der Waals surface area (Å²) >= 11 is 0. The summed E-state index contributed by atoms with van der Waals surface area (Å²) in [6.07, 6.45) is -3.17. The van der Waals surface area contributed by atoms with E-state index >= 15 is 0 Å². The van der Waals surface area contributed by atoms with Crippen molar-refractivity contribution in [1.29, 1.82) is 0 Å². The minimum absolute atomic E-state index is 0.169. The van der Waals surface area contributed by atoms with Gasteiger partial charge in [0.1, 0.15) is 18.2 Å². The number of fused-ring (bicyclic) bond motifs is 1. The van der Waals surface area contributed by atoms with Crippen molar-refractivity contribution in [2.24, 2.45) is 5.10 Å². The number of carbonyl (C=O) groups excluding carboxylic acids is 1. The number of hydrogen-bond donors (Lipinski definition) is 1. The monoisotopic (exact) mass is 466 g/mol. The van der Waals surface area contributed by atoms with Gasteiger partial charge in [-0.2, -0.15) is 18.3 Å². The summed E-state index contributed by atoms with van der Waals surface area (Å²) in [5, 5.41) is 5.66. The summed E-state index contributed by atoms with van der Waals surface area (Å²) in [7, 11) is 0. The predicted molar refractivity (Wildman–Crippen MR) is 121 cm³/mol. The average molecular weight is 466 g/mol. The quantitative estimate of drug-likeness (QED) is 0.205. The molecule has 0 saturated carbocycles. The SMILES string of the molecule is O=C(N/N=C\c1c(OCc2ccc(F)cc2)ccc2ccccc12)c1cccc(C(F)(F)F)c1. The number of carbonyl (C=O) groups is 1. The Morgan fingerprint density at radius 1 is 0.941 bits per heavy atom. The number of rotatable bonds is 6. The average Bonchev–Trinajstić information content (AvgIpc) is 2.83. The highest BCUT2D eigenvalue weighted by Gasteiger charge is 2.30. The van der Waals surface area contributed by atoms with Crippen LogP contribution in [0.3, 0.4) is 0 Å². The van der Waals surface area contributed by atoms with Crippen molar-refractivity contribution < 1.29 is 27.1 Å². The molecule has 0 heterocycles. The maximum Gasteiger partial charge on any atom is 0.416 e. The van der Waals surface area contributed by atoms with Gasteiger partial charge in [-0.25, -0.2) is 9.82 Å². The number of ether oxygens (including phenoxy) is 1. The van der Waals surface area contributed by atoms with E-state index in [2.05, 4.69) is 10.5 Å². The number of nitrogens with zero attached hydrogens (tertiary/aromatic N) is 1. The predicted octanol–water partition coefficient (Wildman–Crippen LogP) is 6.34. The smallest absolute Gasteiger partial charge is 0.416 e. The Bertz CT molecular complexity index is 1350. The minimum atomic E-state index is -4.56. The lowest BCUT2D eigenvalue weighted by Gasteiger charge is -2.12. The first kappa shape index (κ1) is 23.0. The lowest BCUT2D eigenvalue weighted by molar-refractivity contribution is -0.137. The molecule has 0 aromatic heterocycles. The molecule has 4 nitrogen and oxygen atoms in total. The Kier molecular flexibility index (Phi) is 6.58. The van der Waals surface area contributed by atoms with Gasteiger partial charge < -0.3 is 4.74 Å². The van der Waals surface area contributed by atoms with Crippen LogP contribution in [0.1, 0.15) is 27.0 Å². The second kappa shape index (κ2) is 9.74. The van der Waals surface area contributed by atoms with Gasteiger partial charge in [0.15, 0.2) is 0 Å². The Hall–Kier alpha value is -4.20. The van der Waals surface area contributed by atoms with Gasteiger partial charge >= 0.3 is 6.18 Å². The van der Waals surface area contributed by atoms with Crippen LogP contribution in [0.4, 0.5) is 17.6 Å². The van der Waals surface area contributed by atoms with Gasteiger partial charge in [-0.3, -0.25) is 4.79 Å². The third kappa shape index (κ3) is 5.40. The Labute approximate surface area is 192 Å². The summed E-state index contributed by atoms with van der Waals surface area (Å²) in [5.74, 6) is -0.657. The second-order valence-electron chi connectivity index (χ2n) is 7.39. The third-order valence-electron chi connectivity index (χ3n) is 5.05. The maximum absolute atomic E-state index is 13.1. The topological polar surface area (TPSA) is 50.7 Å². The summed E-state index contributed by atoms with van der Waals surface area (Å²) in [5.41, 5.74) is 2.51. The van der Waals surface area contributed by atoms with Gasteiger partial charge in [0.25, 0.3) is 5.91 Å². The number of amides is 1. The van der Waals surface area contributed by atoms with Crippen molar-refractivity contribution in [3.8, 4) is 5.75 Å². The maximum atomic E-state index is 13.1. The molecule has 4 aromatic rings. The first-order valence-corrected chi connectivity index (χ1v) is 10.2. The molecule has 8 heteroatoms. The molecule has 0 radical (unpaired) electrons. The molecule has 0 aliphatic rings. The van der Waals surface area contributed by atoms with Crippen LogP contribution in [-0.2, 0) is 12.8 Å². The van der Waals surface area contributed by atoms with Crippen molar-refractivity contribution >= 4 is 22.9 Å². The second-order valence-corrected chi connectivity index (χ2v) is 7.39. The molecule has 34 heavy (non-hydrogen) atoms. The molecule has 0 fully saturated rings. The van der Waals surface area contributed by atoms with Crippen molar-refractivity contribution in [2.45, 2.75) is 12.8 Å². The van der Waals surface area contributed by atoms with Crippen LogP contribution in [0.2, 0.25) is 0 Å². The van der Waals surface area contributed by atoms with Crippen LogP contribution in [-0.4, -0.2) is 12.1 Å². The van der Waals surface area contributed by atoms with E-state index in [1.165, 1.54) is 24.4 Å². The van der Waals surface area contributed by atoms with E-state index in [1.807, 2.05) is 30.3 Å². The fourth-order valence-electron chi connectivity index (χ4n) is 3.33. The zero-order valence-electron chi connectivity index (χ0n) is 17.6. The molecule has 0 bridgehead atoms. The molecule has 4 aromatic carbocycles. The van der Waals surface area contributed by atoms with Gasteiger partial charge in [0, 0.05) is 11.1 Å². The minimum Gasteiger partial charge on any atom is -0.488 e. The number of hydrazone groups is 1. The summed E-state index contributed by atoms with van der Waals surface area (Å²) in [4.78, 5) is 12.3. The molecular formula is C26H18F4N2O2. The van der Waals surface area contributed by atoms with Crippen molar-refractivity contribution in [3.63, 3.8) is 0 Å². The van der Waals surface area contributed by atoms with E-state index < -0.39 is 17.6 Å². The van der Waals surface area contributed by atoms with Gasteiger partial charge in [-0.1, -0.05) is 48.5 Å². The fraction of sp³-hybridized carbons (Fsp3) is 0.0769. The summed E-state index contributed by atoms with van der Waals surface area (Å²) in [6, 6.07) is 21.1. The van der Waals surface area contributed by atoms with Crippen molar-refractivity contribution in [1.82, 2.24) is 5.43 Å². The summed E-state index contributed by atoms with van der Waals surface area (Å²) < 4.78 is 57.8. The van der Waals surface area contributed by atoms with Gasteiger partial charge in [-0.05, 0) is 52.7 Å². The number of benzene rings is 4. The lowest BCUT2D eigenvalue weighted by atomic mass is 10.0. The molecule has 0 aliphatic carbocycles. The Morgan fingerprint density at radius 3 is 2.47 bits per heavy atom. The first-order chi connectivity index (χ1) is 16.3.